The van der Waals surface area contributed by atoms with Gasteiger partial charge in [0.1, 0.15) is 0 Å². The van der Waals surface area contributed by atoms with E-state index in [0.29, 0.717) is 23.4 Å². The molecule has 0 aliphatic heterocycles. The van der Waals surface area contributed by atoms with Crippen molar-refractivity contribution in [1.82, 2.24) is 15.3 Å². The number of aliphatic hydroxyl groups excluding tert-OH is 1. The summed E-state index contributed by atoms with van der Waals surface area (Å²) in [5.74, 6) is -0.240. The van der Waals surface area contributed by atoms with Gasteiger partial charge in [0.25, 0.3) is 5.91 Å². The molecule has 2 aromatic heterocycles. The first kappa shape index (κ1) is 18.8. The molecule has 0 fully saturated rings. The Kier molecular flexibility index (Phi) is 5.59. The van der Waals surface area contributed by atoms with Gasteiger partial charge in [-0.25, -0.2) is 4.98 Å². The summed E-state index contributed by atoms with van der Waals surface area (Å²) in [7, 11) is 0. The summed E-state index contributed by atoms with van der Waals surface area (Å²) in [5, 5.41) is 13.5. The fourth-order valence-electron chi connectivity index (χ4n) is 3.33. The largest absolute Gasteiger partial charge is 0.394 e. The molecule has 2 heterocycles. The van der Waals surface area contributed by atoms with Crippen LogP contribution in [0.5, 0.6) is 0 Å². The molecule has 0 aliphatic carbocycles. The molecule has 0 radical (unpaired) electrons. The summed E-state index contributed by atoms with van der Waals surface area (Å²) in [4.78, 5) is 22.1. The number of pyridine rings is 2. The molecule has 1 amide bonds. The number of aromatic nitrogens is 2. The third-order valence-corrected chi connectivity index (χ3v) is 4.77. The number of carbonyl (C=O) groups is 1. The lowest BCUT2D eigenvalue weighted by Crippen LogP contribution is -2.39. The smallest absolute Gasteiger partial charge is 0.252 e. The predicted molar refractivity (Wildman–Crippen MR) is 113 cm³/mol. The summed E-state index contributed by atoms with van der Waals surface area (Å²) >= 11 is 0. The van der Waals surface area contributed by atoms with E-state index in [0.717, 1.165) is 16.5 Å². The van der Waals surface area contributed by atoms with Crippen LogP contribution in [0.25, 0.3) is 22.3 Å². The van der Waals surface area contributed by atoms with E-state index in [-0.39, 0.29) is 18.6 Å². The molecular formula is C24H21N3O2. The minimum atomic E-state index is -0.380. The van der Waals surface area contributed by atoms with Crippen LogP contribution in [-0.2, 0) is 6.42 Å². The second kappa shape index (κ2) is 8.63. The number of benzene rings is 2. The number of para-hydroxylation sites is 1. The minimum Gasteiger partial charge on any atom is -0.394 e. The molecule has 0 spiro atoms. The number of hydrogen-bond acceptors (Lipinski definition) is 4. The van der Waals surface area contributed by atoms with Gasteiger partial charge in [0.05, 0.1) is 35.1 Å². The Morgan fingerprint density at radius 1 is 0.931 bits per heavy atom. The van der Waals surface area contributed by atoms with Crippen LogP contribution in [-0.4, -0.2) is 33.6 Å². The molecular weight excluding hydrogens is 362 g/mol. The first-order valence-electron chi connectivity index (χ1n) is 9.51. The van der Waals surface area contributed by atoms with Crippen LogP contribution in [0.1, 0.15) is 15.9 Å². The normalized spacial score (nSPS) is 11.9. The van der Waals surface area contributed by atoms with Crippen LogP contribution < -0.4 is 5.32 Å². The van der Waals surface area contributed by atoms with E-state index in [9.17, 15) is 9.90 Å². The predicted octanol–water partition coefficient (Wildman–Crippen LogP) is 3.63. The highest BCUT2D eigenvalue weighted by Crippen LogP contribution is 2.23. The number of amides is 1. The van der Waals surface area contributed by atoms with Crippen molar-refractivity contribution in [1.29, 1.82) is 0 Å². The van der Waals surface area contributed by atoms with Gasteiger partial charge in [0, 0.05) is 11.6 Å². The first-order chi connectivity index (χ1) is 14.2. The SMILES string of the molecule is O=C(N[C@H](CO)Cc1ccccc1)c1cc(-c2ccccn2)nc2ccccc12. The quantitative estimate of drug-likeness (QED) is 0.533. The van der Waals surface area contributed by atoms with Crippen LogP contribution in [0, 0.1) is 0 Å². The Labute approximate surface area is 169 Å². The van der Waals surface area contributed by atoms with Gasteiger partial charge in [-0.15, -0.1) is 0 Å². The molecule has 144 valence electrons. The van der Waals surface area contributed by atoms with Gasteiger partial charge in [-0.2, -0.15) is 0 Å². The van der Waals surface area contributed by atoms with Crippen molar-refractivity contribution in [3.8, 4) is 11.4 Å². The van der Waals surface area contributed by atoms with E-state index in [1.54, 1.807) is 12.3 Å². The van der Waals surface area contributed by atoms with Crippen LogP contribution in [0.2, 0.25) is 0 Å². The van der Waals surface area contributed by atoms with Crippen molar-refractivity contribution < 1.29 is 9.90 Å². The molecule has 2 aromatic carbocycles. The molecule has 5 nitrogen and oxygen atoms in total. The van der Waals surface area contributed by atoms with Gasteiger partial charge in [-0.1, -0.05) is 54.6 Å². The van der Waals surface area contributed by atoms with E-state index >= 15 is 0 Å². The number of fused-ring (bicyclic) bond motifs is 1. The number of rotatable bonds is 6. The molecule has 0 saturated heterocycles. The standard InChI is InChI=1S/C24H21N3O2/c28-16-18(14-17-8-2-1-3-9-17)26-24(29)20-15-23(22-12-6-7-13-25-22)27-21-11-5-4-10-19(20)21/h1-13,15,18,28H,14,16H2,(H,26,29)/t18-/m0/s1. The molecule has 0 bridgehead atoms. The summed E-state index contributed by atoms with van der Waals surface area (Å²) in [6.45, 7) is -0.142. The Balaban J connectivity index is 1.67. The Hall–Kier alpha value is -3.57. The zero-order valence-corrected chi connectivity index (χ0v) is 15.8. The summed E-state index contributed by atoms with van der Waals surface area (Å²) in [6, 6.07) is 24.3. The lowest BCUT2D eigenvalue weighted by atomic mass is 10.0. The molecule has 4 aromatic rings. The van der Waals surface area contributed by atoms with Crippen molar-refractivity contribution in [2.24, 2.45) is 0 Å². The highest BCUT2D eigenvalue weighted by atomic mass is 16.3. The van der Waals surface area contributed by atoms with E-state index < -0.39 is 0 Å². The number of hydrogen-bond donors (Lipinski definition) is 2. The second-order valence-corrected chi connectivity index (χ2v) is 6.83. The van der Waals surface area contributed by atoms with Crippen LogP contribution in [0.3, 0.4) is 0 Å². The fourth-order valence-corrected chi connectivity index (χ4v) is 3.33. The maximum absolute atomic E-state index is 13.1. The Morgan fingerprint density at radius 3 is 2.45 bits per heavy atom. The molecule has 4 rings (SSSR count). The lowest BCUT2D eigenvalue weighted by molar-refractivity contribution is 0.0918. The van der Waals surface area contributed by atoms with Crippen molar-refractivity contribution in [2.45, 2.75) is 12.5 Å². The maximum atomic E-state index is 13.1. The van der Waals surface area contributed by atoms with Crippen LogP contribution in [0.15, 0.2) is 85.1 Å². The molecule has 5 heteroatoms. The Morgan fingerprint density at radius 2 is 1.69 bits per heavy atom. The van der Waals surface area contributed by atoms with Crippen molar-refractivity contribution in [3.05, 3.63) is 96.2 Å². The number of aliphatic hydroxyl groups is 1. The first-order valence-corrected chi connectivity index (χ1v) is 9.51. The topological polar surface area (TPSA) is 75.1 Å². The van der Waals surface area contributed by atoms with E-state index in [1.165, 1.54) is 0 Å². The molecule has 0 unspecified atom stereocenters. The highest BCUT2D eigenvalue weighted by molar-refractivity contribution is 6.07. The average molecular weight is 383 g/mol. The lowest BCUT2D eigenvalue weighted by Gasteiger charge is -2.17. The number of nitrogens with one attached hydrogen (secondary N) is 1. The zero-order valence-electron chi connectivity index (χ0n) is 15.8. The number of carbonyl (C=O) groups excluding carboxylic acids is 1. The molecule has 29 heavy (non-hydrogen) atoms. The third-order valence-electron chi connectivity index (χ3n) is 4.77. The van der Waals surface area contributed by atoms with Crippen LogP contribution in [0.4, 0.5) is 0 Å². The van der Waals surface area contributed by atoms with Gasteiger partial charge in [0.15, 0.2) is 0 Å². The van der Waals surface area contributed by atoms with E-state index in [4.69, 9.17) is 0 Å². The van der Waals surface area contributed by atoms with Crippen molar-refractivity contribution in [3.63, 3.8) is 0 Å². The van der Waals surface area contributed by atoms with E-state index in [2.05, 4.69) is 15.3 Å². The molecule has 0 aliphatic rings. The minimum absolute atomic E-state index is 0.142. The molecule has 2 N–H and O–H groups in total. The van der Waals surface area contributed by atoms with Crippen LogP contribution >= 0.6 is 0 Å². The number of nitrogens with zero attached hydrogens (tertiary/aromatic N) is 2. The highest BCUT2D eigenvalue weighted by Gasteiger charge is 2.18. The third kappa shape index (κ3) is 4.31. The maximum Gasteiger partial charge on any atom is 0.252 e. The van der Waals surface area contributed by atoms with Gasteiger partial charge < -0.3 is 10.4 Å². The van der Waals surface area contributed by atoms with Gasteiger partial charge in [-0.05, 0) is 36.2 Å². The zero-order chi connectivity index (χ0) is 20.1. The van der Waals surface area contributed by atoms with Crippen molar-refractivity contribution >= 4 is 16.8 Å². The summed E-state index contributed by atoms with van der Waals surface area (Å²) < 4.78 is 0. The second-order valence-electron chi connectivity index (χ2n) is 6.83. The van der Waals surface area contributed by atoms with Gasteiger partial charge in [0.2, 0.25) is 0 Å². The van der Waals surface area contributed by atoms with Gasteiger partial charge in [-0.3, -0.25) is 9.78 Å². The molecule has 0 saturated carbocycles. The van der Waals surface area contributed by atoms with E-state index in [1.807, 2.05) is 72.8 Å². The summed E-state index contributed by atoms with van der Waals surface area (Å²) in [5.41, 5.74) is 3.64. The monoisotopic (exact) mass is 383 g/mol. The van der Waals surface area contributed by atoms with Gasteiger partial charge >= 0.3 is 0 Å². The molecule has 1 atom stereocenters. The average Bonchev–Trinajstić information content (AvgIpc) is 2.79. The fraction of sp³-hybridized carbons (Fsp3) is 0.125. The van der Waals surface area contributed by atoms with Crippen molar-refractivity contribution in [2.75, 3.05) is 6.61 Å². The Bertz CT molecular complexity index is 1110. The summed E-state index contributed by atoms with van der Waals surface area (Å²) in [6.07, 6.45) is 2.26.